The molecular weight excluding hydrogens is 254 g/mol. The van der Waals surface area contributed by atoms with Gasteiger partial charge in [-0.05, 0) is 43.4 Å². The molecule has 0 heterocycles. The first-order valence-corrected chi connectivity index (χ1v) is 7.92. The Labute approximate surface area is 123 Å². The molecule has 1 rings (SSSR count). The summed E-state index contributed by atoms with van der Waals surface area (Å²) in [5, 5.41) is 4.55. The minimum absolute atomic E-state index is 0.410. The maximum Gasteiger partial charge on any atom is 0.0409 e. The topological polar surface area (TPSA) is 12.0 Å². The van der Waals surface area contributed by atoms with Crippen molar-refractivity contribution in [3.8, 4) is 0 Å². The lowest BCUT2D eigenvalue weighted by Gasteiger charge is -2.23. The zero-order chi connectivity index (χ0) is 14.3. The maximum absolute atomic E-state index is 6.07. The van der Waals surface area contributed by atoms with Crippen molar-refractivity contribution in [2.24, 2.45) is 5.92 Å². The lowest BCUT2D eigenvalue weighted by molar-refractivity contribution is 0.404. The highest BCUT2D eigenvalue weighted by atomic mass is 35.5. The van der Waals surface area contributed by atoms with Gasteiger partial charge in [-0.25, -0.2) is 0 Å². The monoisotopic (exact) mass is 281 g/mol. The van der Waals surface area contributed by atoms with Crippen molar-refractivity contribution in [3.05, 3.63) is 34.9 Å². The highest BCUT2D eigenvalue weighted by Crippen LogP contribution is 2.21. The van der Waals surface area contributed by atoms with Crippen LogP contribution in [0, 0.1) is 5.92 Å². The highest BCUT2D eigenvalue weighted by molar-refractivity contribution is 6.30. The Morgan fingerprint density at radius 3 is 2.47 bits per heavy atom. The maximum atomic E-state index is 6.07. The zero-order valence-electron chi connectivity index (χ0n) is 12.7. The van der Waals surface area contributed by atoms with Gasteiger partial charge in [0.25, 0.3) is 0 Å². The third-order valence-corrected chi connectivity index (χ3v) is 3.80. The van der Waals surface area contributed by atoms with E-state index in [-0.39, 0.29) is 0 Å². The van der Waals surface area contributed by atoms with Gasteiger partial charge in [0.2, 0.25) is 0 Å². The Bertz CT molecular complexity index is 362. The molecule has 0 amide bonds. The van der Waals surface area contributed by atoms with Gasteiger partial charge in [-0.2, -0.15) is 0 Å². The third kappa shape index (κ3) is 6.44. The van der Waals surface area contributed by atoms with Crippen LogP contribution in [0.25, 0.3) is 0 Å². The van der Waals surface area contributed by atoms with Crippen LogP contribution in [0.5, 0.6) is 0 Å². The fraction of sp³-hybridized carbons (Fsp3) is 0.647. The molecule has 0 saturated heterocycles. The first-order chi connectivity index (χ1) is 9.02. The molecule has 108 valence electrons. The summed E-state index contributed by atoms with van der Waals surface area (Å²) < 4.78 is 0. The van der Waals surface area contributed by atoms with Crippen molar-refractivity contribution >= 4 is 11.6 Å². The molecule has 1 aromatic rings. The van der Waals surface area contributed by atoms with Crippen LogP contribution in [-0.2, 0) is 0 Å². The predicted molar refractivity (Wildman–Crippen MR) is 85.8 cm³/mol. The van der Waals surface area contributed by atoms with Crippen molar-refractivity contribution in [1.82, 2.24) is 5.32 Å². The quantitative estimate of drug-likeness (QED) is 0.654. The molecule has 1 aromatic carbocycles. The summed E-state index contributed by atoms with van der Waals surface area (Å²) in [6.07, 6.45) is 4.96. The molecule has 2 atom stereocenters. The Hall–Kier alpha value is -0.530. The van der Waals surface area contributed by atoms with E-state index in [4.69, 9.17) is 11.6 Å². The first-order valence-electron chi connectivity index (χ1n) is 7.54. The Morgan fingerprint density at radius 2 is 1.89 bits per heavy atom. The highest BCUT2D eigenvalue weighted by Gasteiger charge is 2.12. The molecule has 0 saturated carbocycles. The van der Waals surface area contributed by atoms with E-state index in [1.54, 1.807) is 0 Å². The number of benzene rings is 1. The van der Waals surface area contributed by atoms with Crippen molar-refractivity contribution in [1.29, 1.82) is 0 Å². The fourth-order valence-corrected chi connectivity index (χ4v) is 2.63. The van der Waals surface area contributed by atoms with Crippen LogP contribution in [0.1, 0.15) is 65.0 Å². The molecule has 0 radical (unpaired) electrons. The van der Waals surface area contributed by atoms with Gasteiger partial charge in [0, 0.05) is 17.1 Å². The van der Waals surface area contributed by atoms with E-state index in [0.29, 0.717) is 12.1 Å². The smallest absolute Gasteiger partial charge is 0.0409 e. The van der Waals surface area contributed by atoms with Gasteiger partial charge in [-0.1, -0.05) is 57.3 Å². The van der Waals surface area contributed by atoms with Gasteiger partial charge in [0.15, 0.2) is 0 Å². The van der Waals surface area contributed by atoms with Crippen LogP contribution in [0.4, 0.5) is 0 Å². The first kappa shape index (κ1) is 16.5. The molecule has 2 heteroatoms. The average Bonchev–Trinajstić information content (AvgIpc) is 2.35. The van der Waals surface area contributed by atoms with E-state index >= 15 is 0 Å². The normalized spacial score (nSPS) is 14.6. The Balaban J connectivity index is 2.47. The van der Waals surface area contributed by atoms with Crippen LogP contribution >= 0.6 is 11.6 Å². The lowest BCUT2D eigenvalue weighted by Crippen LogP contribution is -2.30. The summed E-state index contributed by atoms with van der Waals surface area (Å²) in [6, 6.07) is 9.17. The van der Waals surface area contributed by atoms with Crippen LogP contribution in [-0.4, -0.2) is 6.04 Å². The molecule has 0 aromatic heterocycles. The third-order valence-electron chi connectivity index (χ3n) is 3.56. The van der Waals surface area contributed by atoms with Crippen molar-refractivity contribution in [2.75, 3.05) is 0 Å². The molecule has 1 nitrogen and oxygen atoms in total. The van der Waals surface area contributed by atoms with Gasteiger partial charge < -0.3 is 5.32 Å². The van der Waals surface area contributed by atoms with Crippen molar-refractivity contribution in [2.45, 2.75) is 65.5 Å². The second-order valence-electron chi connectivity index (χ2n) is 5.91. The van der Waals surface area contributed by atoms with Crippen LogP contribution in [0.15, 0.2) is 24.3 Å². The lowest BCUT2D eigenvalue weighted by atomic mass is 10.0. The summed E-state index contributed by atoms with van der Waals surface area (Å²) >= 11 is 6.07. The molecule has 0 aliphatic heterocycles. The largest absolute Gasteiger partial charge is 0.307 e. The molecule has 0 fully saturated rings. The molecule has 1 N–H and O–H groups in total. The van der Waals surface area contributed by atoms with Crippen LogP contribution < -0.4 is 5.32 Å². The summed E-state index contributed by atoms with van der Waals surface area (Å²) in [4.78, 5) is 0. The second-order valence-corrected chi connectivity index (χ2v) is 6.34. The number of hydrogen-bond acceptors (Lipinski definition) is 1. The SMILES string of the molecule is CCC(NC(C)CCCC(C)C)c1cccc(Cl)c1. The molecule has 19 heavy (non-hydrogen) atoms. The number of halogens is 1. The van der Waals surface area contributed by atoms with Gasteiger partial charge in [0.1, 0.15) is 0 Å². The van der Waals surface area contributed by atoms with Gasteiger partial charge in [-0.15, -0.1) is 0 Å². The minimum Gasteiger partial charge on any atom is -0.307 e. The molecule has 0 aliphatic rings. The van der Waals surface area contributed by atoms with E-state index in [1.807, 2.05) is 12.1 Å². The zero-order valence-corrected chi connectivity index (χ0v) is 13.5. The predicted octanol–water partition coefficient (Wildman–Crippen LogP) is 5.60. The molecule has 0 aliphatic carbocycles. The van der Waals surface area contributed by atoms with Crippen molar-refractivity contribution < 1.29 is 0 Å². The summed E-state index contributed by atoms with van der Waals surface area (Å²) in [5.74, 6) is 0.808. The van der Waals surface area contributed by atoms with E-state index in [9.17, 15) is 0 Å². The van der Waals surface area contributed by atoms with Crippen LogP contribution in [0.2, 0.25) is 5.02 Å². The standard InChI is InChI=1S/C17H28ClN/c1-5-17(15-10-7-11-16(18)12-15)19-14(4)9-6-8-13(2)3/h7,10-14,17,19H,5-6,8-9H2,1-4H3. The van der Waals surface area contributed by atoms with Gasteiger partial charge in [-0.3, -0.25) is 0 Å². The molecule has 0 spiro atoms. The fourth-order valence-electron chi connectivity index (χ4n) is 2.43. The van der Waals surface area contributed by atoms with E-state index in [1.165, 1.54) is 24.8 Å². The number of rotatable bonds is 8. The van der Waals surface area contributed by atoms with E-state index in [2.05, 4.69) is 45.1 Å². The summed E-state index contributed by atoms with van der Waals surface area (Å²) in [5.41, 5.74) is 1.30. The molecular formula is C17H28ClN. The summed E-state index contributed by atoms with van der Waals surface area (Å²) in [6.45, 7) is 9.09. The number of nitrogens with one attached hydrogen (secondary N) is 1. The Kier molecular flexibility index (Phi) is 7.48. The minimum atomic E-state index is 0.410. The Morgan fingerprint density at radius 1 is 1.16 bits per heavy atom. The average molecular weight is 282 g/mol. The second kappa shape index (κ2) is 8.60. The molecule has 2 unspecified atom stereocenters. The van der Waals surface area contributed by atoms with Crippen LogP contribution in [0.3, 0.4) is 0 Å². The van der Waals surface area contributed by atoms with Crippen molar-refractivity contribution in [3.63, 3.8) is 0 Å². The summed E-state index contributed by atoms with van der Waals surface area (Å²) in [7, 11) is 0. The molecule has 0 bridgehead atoms. The number of hydrogen-bond donors (Lipinski definition) is 1. The van der Waals surface area contributed by atoms with Gasteiger partial charge >= 0.3 is 0 Å². The van der Waals surface area contributed by atoms with E-state index < -0.39 is 0 Å². The van der Waals surface area contributed by atoms with Gasteiger partial charge in [0.05, 0.1) is 0 Å². The van der Waals surface area contributed by atoms with E-state index in [0.717, 1.165) is 17.4 Å².